The average Bonchev–Trinajstić information content (AvgIpc) is 2.21. The van der Waals surface area contributed by atoms with Crippen LogP contribution >= 0.6 is 11.6 Å². The van der Waals surface area contributed by atoms with Crippen LogP contribution in [0.5, 0.6) is 0 Å². The monoisotopic (exact) mass is 231 g/mol. The van der Waals surface area contributed by atoms with Gasteiger partial charge in [0.15, 0.2) is 0 Å². The second-order valence-electron chi connectivity index (χ2n) is 2.92. The van der Waals surface area contributed by atoms with E-state index in [2.05, 4.69) is 10.1 Å². The largest absolute Gasteiger partial charge is 0.468 e. The van der Waals surface area contributed by atoms with Gasteiger partial charge in [0.25, 0.3) is 0 Å². The number of ether oxygens (including phenoxy) is 1. The molecule has 0 aromatic heterocycles. The molecule has 15 heavy (non-hydrogen) atoms. The molecule has 0 radical (unpaired) electrons. The quantitative estimate of drug-likeness (QED) is 0.803. The Morgan fingerprint density at radius 1 is 1.60 bits per heavy atom. The summed E-state index contributed by atoms with van der Waals surface area (Å²) in [7, 11) is 1.31. The molecule has 0 aliphatic rings. The fourth-order valence-electron chi connectivity index (χ4n) is 1.04. The van der Waals surface area contributed by atoms with E-state index in [4.69, 9.17) is 11.6 Å². The lowest BCUT2D eigenvalue weighted by molar-refractivity contribution is -0.139. The van der Waals surface area contributed by atoms with Crippen LogP contribution in [-0.2, 0) is 16.1 Å². The molecule has 0 amide bonds. The van der Waals surface area contributed by atoms with Gasteiger partial charge in [-0.3, -0.25) is 4.79 Å². The minimum Gasteiger partial charge on any atom is -0.468 e. The van der Waals surface area contributed by atoms with Crippen molar-refractivity contribution in [2.45, 2.75) is 6.54 Å². The van der Waals surface area contributed by atoms with Gasteiger partial charge >= 0.3 is 5.97 Å². The van der Waals surface area contributed by atoms with Crippen LogP contribution in [0.1, 0.15) is 5.56 Å². The van der Waals surface area contributed by atoms with Crippen molar-refractivity contribution in [3.05, 3.63) is 34.6 Å². The first kappa shape index (κ1) is 11.9. The predicted octanol–water partition coefficient (Wildman–Crippen LogP) is 1.74. The van der Waals surface area contributed by atoms with Gasteiger partial charge in [0.2, 0.25) is 0 Å². The first-order chi connectivity index (χ1) is 7.13. The molecule has 0 atom stereocenters. The van der Waals surface area contributed by atoms with Crippen LogP contribution in [0.15, 0.2) is 18.2 Å². The third-order valence-corrected chi connectivity index (χ3v) is 2.18. The normalized spacial score (nSPS) is 10.1. The molecule has 3 nitrogen and oxygen atoms in total. The Balaban J connectivity index is 2.47. The summed E-state index contributed by atoms with van der Waals surface area (Å²) in [4.78, 5) is 10.8. The molecule has 0 fully saturated rings. The number of halogens is 2. The van der Waals surface area contributed by atoms with E-state index in [1.807, 2.05) is 0 Å². The molecule has 0 heterocycles. The molecule has 82 valence electrons. The van der Waals surface area contributed by atoms with Gasteiger partial charge in [0.1, 0.15) is 5.82 Å². The van der Waals surface area contributed by atoms with Crippen molar-refractivity contribution in [3.63, 3.8) is 0 Å². The number of carbonyl (C=O) groups excluding carboxylic acids is 1. The van der Waals surface area contributed by atoms with Crippen molar-refractivity contribution in [3.8, 4) is 0 Å². The van der Waals surface area contributed by atoms with Crippen LogP contribution in [0.3, 0.4) is 0 Å². The molecule has 0 saturated carbocycles. The molecule has 0 unspecified atom stereocenters. The van der Waals surface area contributed by atoms with Gasteiger partial charge < -0.3 is 10.1 Å². The molecule has 1 aromatic rings. The van der Waals surface area contributed by atoms with Gasteiger partial charge in [-0.1, -0.05) is 17.7 Å². The Morgan fingerprint density at radius 2 is 2.33 bits per heavy atom. The van der Waals surface area contributed by atoms with Gasteiger partial charge in [-0.25, -0.2) is 4.39 Å². The number of esters is 1. The van der Waals surface area contributed by atoms with Crippen molar-refractivity contribution >= 4 is 17.6 Å². The summed E-state index contributed by atoms with van der Waals surface area (Å²) in [6, 6.07) is 4.12. The van der Waals surface area contributed by atoms with E-state index in [9.17, 15) is 9.18 Å². The summed E-state index contributed by atoms with van der Waals surface area (Å²) in [5.74, 6) is -0.732. The Morgan fingerprint density at radius 3 is 2.93 bits per heavy atom. The van der Waals surface area contributed by atoms with Gasteiger partial charge in [-0.15, -0.1) is 0 Å². The summed E-state index contributed by atoms with van der Waals surface area (Å²) in [6.07, 6.45) is 0. The van der Waals surface area contributed by atoms with Crippen LogP contribution in [0.4, 0.5) is 4.39 Å². The Labute approximate surface area is 92.2 Å². The molecule has 5 heteroatoms. The summed E-state index contributed by atoms with van der Waals surface area (Å²) in [5.41, 5.74) is 0.738. The van der Waals surface area contributed by atoms with Crippen molar-refractivity contribution < 1.29 is 13.9 Å². The molecular formula is C10H11ClFNO2. The summed E-state index contributed by atoms with van der Waals surface area (Å²) < 4.78 is 17.1. The third-order valence-electron chi connectivity index (χ3n) is 1.83. The maximum Gasteiger partial charge on any atom is 0.319 e. The van der Waals surface area contributed by atoms with E-state index in [-0.39, 0.29) is 18.3 Å². The van der Waals surface area contributed by atoms with Crippen molar-refractivity contribution in [2.24, 2.45) is 0 Å². The molecule has 0 aliphatic carbocycles. The minimum atomic E-state index is -0.378. The Hall–Kier alpha value is -1.13. The highest BCUT2D eigenvalue weighted by Crippen LogP contribution is 2.16. The smallest absolute Gasteiger partial charge is 0.319 e. The standard InChI is InChI=1S/C10H11ClFNO2/c1-15-10(14)6-13-5-7-2-3-8(12)4-9(7)11/h2-4,13H,5-6H2,1H3. The van der Waals surface area contributed by atoms with Gasteiger partial charge in [0, 0.05) is 11.6 Å². The highest BCUT2D eigenvalue weighted by atomic mass is 35.5. The highest BCUT2D eigenvalue weighted by Gasteiger charge is 2.03. The first-order valence-electron chi connectivity index (χ1n) is 4.35. The first-order valence-corrected chi connectivity index (χ1v) is 4.72. The lowest BCUT2D eigenvalue weighted by Crippen LogP contribution is -2.23. The minimum absolute atomic E-state index is 0.101. The Kier molecular flexibility index (Phi) is 4.52. The number of rotatable bonds is 4. The predicted molar refractivity (Wildman–Crippen MR) is 55.1 cm³/mol. The zero-order valence-electron chi connectivity index (χ0n) is 8.22. The summed E-state index contributed by atoms with van der Waals surface area (Å²) in [5, 5.41) is 3.17. The number of benzene rings is 1. The molecule has 0 aliphatic heterocycles. The maximum atomic E-state index is 12.7. The fourth-order valence-corrected chi connectivity index (χ4v) is 1.27. The van der Waals surface area contributed by atoms with Crippen molar-refractivity contribution in [2.75, 3.05) is 13.7 Å². The van der Waals surface area contributed by atoms with Crippen molar-refractivity contribution in [1.82, 2.24) is 5.32 Å². The zero-order chi connectivity index (χ0) is 11.3. The van der Waals surface area contributed by atoms with Crippen LogP contribution in [-0.4, -0.2) is 19.6 Å². The van der Waals surface area contributed by atoms with E-state index in [1.165, 1.54) is 19.2 Å². The van der Waals surface area contributed by atoms with E-state index >= 15 is 0 Å². The molecule has 0 saturated heterocycles. The molecule has 0 spiro atoms. The van der Waals surface area contributed by atoms with Gasteiger partial charge in [-0.2, -0.15) is 0 Å². The van der Waals surface area contributed by atoms with Crippen LogP contribution in [0.2, 0.25) is 5.02 Å². The van der Waals surface area contributed by atoms with Crippen LogP contribution in [0.25, 0.3) is 0 Å². The van der Waals surface area contributed by atoms with Crippen LogP contribution < -0.4 is 5.32 Å². The molecule has 1 N–H and O–H groups in total. The second-order valence-corrected chi connectivity index (χ2v) is 3.32. The SMILES string of the molecule is COC(=O)CNCc1ccc(F)cc1Cl. The summed E-state index contributed by atoms with van der Waals surface area (Å²) >= 11 is 5.78. The van der Waals surface area contributed by atoms with Crippen LogP contribution in [0, 0.1) is 5.82 Å². The van der Waals surface area contributed by atoms with E-state index < -0.39 is 0 Å². The topological polar surface area (TPSA) is 38.3 Å². The van der Waals surface area contributed by atoms with E-state index in [1.54, 1.807) is 6.07 Å². The summed E-state index contributed by atoms with van der Waals surface area (Å²) in [6.45, 7) is 0.498. The number of methoxy groups -OCH3 is 1. The van der Waals surface area contributed by atoms with E-state index in [0.717, 1.165) is 5.56 Å². The molecule has 1 aromatic carbocycles. The lowest BCUT2D eigenvalue weighted by Gasteiger charge is -2.05. The van der Waals surface area contributed by atoms with E-state index in [0.29, 0.717) is 11.6 Å². The fraction of sp³-hybridized carbons (Fsp3) is 0.300. The number of hydrogen-bond donors (Lipinski definition) is 1. The molecular weight excluding hydrogens is 221 g/mol. The van der Waals surface area contributed by atoms with Gasteiger partial charge in [0.05, 0.1) is 13.7 Å². The third kappa shape index (κ3) is 3.85. The molecule has 1 rings (SSSR count). The molecule has 0 bridgehead atoms. The number of carbonyl (C=O) groups is 1. The second kappa shape index (κ2) is 5.68. The van der Waals surface area contributed by atoms with Gasteiger partial charge in [-0.05, 0) is 17.7 Å². The van der Waals surface area contributed by atoms with Crippen molar-refractivity contribution in [1.29, 1.82) is 0 Å². The zero-order valence-corrected chi connectivity index (χ0v) is 8.97. The average molecular weight is 232 g/mol. The highest BCUT2D eigenvalue weighted by molar-refractivity contribution is 6.31. The number of hydrogen-bond acceptors (Lipinski definition) is 3. The lowest BCUT2D eigenvalue weighted by atomic mass is 10.2. The maximum absolute atomic E-state index is 12.7. The number of nitrogens with one attached hydrogen (secondary N) is 1. The Bertz CT molecular complexity index is 357.